The standard InChI is InChI=1S/C8H12.2CH2O3/c1-2-8-6-4-3-5-7-8;2*2-1(3)4/h2,6H,1,3-5,7H2;2*(H2,2,3,4). The molecule has 0 aromatic heterocycles. The molecule has 1 aliphatic carbocycles. The molecule has 0 saturated carbocycles. The number of rotatable bonds is 1. The Morgan fingerprint density at radius 3 is 1.75 bits per heavy atom. The van der Waals surface area contributed by atoms with Gasteiger partial charge in [0.25, 0.3) is 0 Å². The molecular weight excluding hydrogens is 216 g/mol. The van der Waals surface area contributed by atoms with Crippen molar-refractivity contribution >= 4 is 12.3 Å². The molecule has 0 amide bonds. The van der Waals surface area contributed by atoms with Crippen molar-refractivity contribution in [1.29, 1.82) is 0 Å². The summed E-state index contributed by atoms with van der Waals surface area (Å²) in [4.78, 5) is 17.1. The topological polar surface area (TPSA) is 115 Å². The van der Waals surface area contributed by atoms with Crippen molar-refractivity contribution in [3.8, 4) is 0 Å². The molecule has 0 fully saturated rings. The van der Waals surface area contributed by atoms with Gasteiger partial charge < -0.3 is 20.4 Å². The molecule has 0 heterocycles. The van der Waals surface area contributed by atoms with Crippen molar-refractivity contribution in [2.75, 3.05) is 0 Å². The van der Waals surface area contributed by atoms with Crippen molar-refractivity contribution in [1.82, 2.24) is 0 Å². The van der Waals surface area contributed by atoms with Crippen LogP contribution >= 0.6 is 0 Å². The molecule has 0 radical (unpaired) electrons. The third-order valence-corrected chi connectivity index (χ3v) is 1.59. The summed E-state index contributed by atoms with van der Waals surface area (Å²) in [5.41, 5.74) is 1.44. The van der Waals surface area contributed by atoms with E-state index in [2.05, 4.69) is 12.7 Å². The van der Waals surface area contributed by atoms with Crippen LogP contribution in [0.25, 0.3) is 0 Å². The van der Waals surface area contributed by atoms with Gasteiger partial charge in [-0.3, -0.25) is 0 Å². The molecule has 0 aliphatic heterocycles. The van der Waals surface area contributed by atoms with Gasteiger partial charge in [-0.2, -0.15) is 0 Å². The van der Waals surface area contributed by atoms with E-state index in [9.17, 15) is 0 Å². The third kappa shape index (κ3) is 22.7. The fourth-order valence-electron chi connectivity index (χ4n) is 1.05. The summed E-state index contributed by atoms with van der Waals surface area (Å²) < 4.78 is 0. The van der Waals surface area contributed by atoms with Crippen LogP contribution in [0.2, 0.25) is 0 Å². The van der Waals surface area contributed by atoms with Gasteiger partial charge in [-0.1, -0.05) is 24.3 Å². The maximum atomic E-state index is 8.56. The Morgan fingerprint density at radius 1 is 1.12 bits per heavy atom. The van der Waals surface area contributed by atoms with Crippen LogP contribution < -0.4 is 0 Å². The quantitative estimate of drug-likeness (QED) is 0.552. The van der Waals surface area contributed by atoms with E-state index in [1.54, 1.807) is 0 Å². The summed E-state index contributed by atoms with van der Waals surface area (Å²) in [5.74, 6) is 0. The van der Waals surface area contributed by atoms with E-state index < -0.39 is 12.3 Å². The molecule has 92 valence electrons. The number of carboxylic acid groups (broad SMARTS) is 4. The highest BCUT2D eigenvalue weighted by atomic mass is 16.6. The third-order valence-electron chi connectivity index (χ3n) is 1.59. The molecule has 4 N–H and O–H groups in total. The fourth-order valence-corrected chi connectivity index (χ4v) is 1.05. The molecule has 0 bridgehead atoms. The van der Waals surface area contributed by atoms with E-state index in [-0.39, 0.29) is 0 Å². The molecule has 0 saturated heterocycles. The highest BCUT2D eigenvalue weighted by molar-refractivity contribution is 5.53. The molecule has 0 aromatic rings. The fraction of sp³-hybridized carbons (Fsp3) is 0.400. The van der Waals surface area contributed by atoms with Crippen LogP contribution in [0.3, 0.4) is 0 Å². The van der Waals surface area contributed by atoms with Crippen LogP contribution in [0.1, 0.15) is 25.7 Å². The normalized spacial score (nSPS) is 12.9. The smallest absolute Gasteiger partial charge is 0.450 e. The maximum absolute atomic E-state index is 8.56. The molecule has 0 spiro atoms. The lowest BCUT2D eigenvalue weighted by Crippen LogP contribution is -1.86. The second-order valence-corrected chi connectivity index (χ2v) is 2.79. The summed E-state index contributed by atoms with van der Waals surface area (Å²) in [6, 6.07) is 0. The van der Waals surface area contributed by atoms with Gasteiger partial charge in [0, 0.05) is 0 Å². The molecule has 6 heteroatoms. The zero-order valence-corrected chi connectivity index (χ0v) is 8.80. The molecule has 16 heavy (non-hydrogen) atoms. The Hall–Kier alpha value is -1.98. The van der Waals surface area contributed by atoms with E-state index >= 15 is 0 Å². The first-order chi connectivity index (χ1) is 7.40. The second kappa shape index (κ2) is 11.1. The summed E-state index contributed by atoms with van der Waals surface area (Å²) in [6.45, 7) is 3.72. The highest BCUT2D eigenvalue weighted by Crippen LogP contribution is 2.16. The first kappa shape index (κ1) is 16.4. The number of hydrogen-bond acceptors (Lipinski definition) is 2. The highest BCUT2D eigenvalue weighted by Gasteiger charge is 1.97. The first-order valence-corrected chi connectivity index (χ1v) is 4.55. The van der Waals surface area contributed by atoms with Crippen molar-refractivity contribution in [3.63, 3.8) is 0 Å². The predicted octanol–water partition coefficient (Wildman–Crippen LogP) is 3.12. The van der Waals surface area contributed by atoms with Crippen LogP contribution in [0.15, 0.2) is 24.3 Å². The van der Waals surface area contributed by atoms with Crippen molar-refractivity contribution < 1.29 is 30.0 Å². The monoisotopic (exact) mass is 232 g/mol. The van der Waals surface area contributed by atoms with Crippen LogP contribution in [0.4, 0.5) is 9.59 Å². The van der Waals surface area contributed by atoms with Crippen molar-refractivity contribution in [3.05, 3.63) is 24.3 Å². The molecule has 1 rings (SSSR count). The van der Waals surface area contributed by atoms with E-state index in [0.29, 0.717) is 0 Å². The molecule has 0 aromatic carbocycles. The Bertz CT molecular complexity index is 236. The minimum absolute atomic E-state index is 1.25. The van der Waals surface area contributed by atoms with E-state index in [1.165, 1.54) is 31.3 Å². The van der Waals surface area contributed by atoms with Crippen molar-refractivity contribution in [2.45, 2.75) is 25.7 Å². The lowest BCUT2D eigenvalue weighted by molar-refractivity contribution is 0.135. The average Bonchev–Trinajstić information content (AvgIpc) is 2.17. The Kier molecular flexibility index (Phi) is 11.4. The van der Waals surface area contributed by atoms with Gasteiger partial charge in [0.15, 0.2) is 0 Å². The van der Waals surface area contributed by atoms with Gasteiger partial charge in [0.05, 0.1) is 0 Å². The molecule has 1 aliphatic rings. The van der Waals surface area contributed by atoms with Gasteiger partial charge >= 0.3 is 12.3 Å². The van der Waals surface area contributed by atoms with Gasteiger partial charge in [-0.15, -0.1) is 0 Å². The van der Waals surface area contributed by atoms with Crippen LogP contribution in [0.5, 0.6) is 0 Å². The van der Waals surface area contributed by atoms with Gasteiger partial charge in [-0.05, 0) is 25.7 Å². The largest absolute Gasteiger partial charge is 0.503 e. The minimum Gasteiger partial charge on any atom is -0.450 e. The summed E-state index contributed by atoms with van der Waals surface area (Å²) >= 11 is 0. The average molecular weight is 232 g/mol. The SMILES string of the molecule is C=CC1=CCCCC1.O=C(O)O.O=C(O)O. The van der Waals surface area contributed by atoms with Crippen LogP contribution in [-0.2, 0) is 0 Å². The van der Waals surface area contributed by atoms with Gasteiger partial charge in [0.1, 0.15) is 0 Å². The van der Waals surface area contributed by atoms with E-state index in [1.807, 2.05) is 6.08 Å². The number of carbonyl (C=O) groups is 2. The summed E-state index contributed by atoms with van der Waals surface area (Å²) in [6.07, 6.45) is 5.84. The van der Waals surface area contributed by atoms with Crippen LogP contribution in [-0.4, -0.2) is 32.7 Å². The maximum Gasteiger partial charge on any atom is 0.503 e. The number of allylic oxidation sites excluding steroid dienone is 3. The Labute approximate surface area is 93.2 Å². The zero-order chi connectivity index (χ0) is 13.0. The predicted molar refractivity (Wildman–Crippen MR) is 58.1 cm³/mol. The summed E-state index contributed by atoms with van der Waals surface area (Å²) in [7, 11) is 0. The van der Waals surface area contributed by atoms with Crippen LogP contribution in [0, 0.1) is 0 Å². The van der Waals surface area contributed by atoms with E-state index in [4.69, 9.17) is 30.0 Å². The summed E-state index contributed by atoms with van der Waals surface area (Å²) in [5, 5.41) is 27.9. The Morgan fingerprint density at radius 2 is 1.56 bits per heavy atom. The molecular formula is C10H16O6. The lowest BCUT2D eigenvalue weighted by Gasteiger charge is -2.06. The van der Waals surface area contributed by atoms with Gasteiger partial charge in [0.2, 0.25) is 0 Å². The van der Waals surface area contributed by atoms with Gasteiger partial charge in [-0.25, -0.2) is 9.59 Å². The van der Waals surface area contributed by atoms with E-state index in [0.717, 1.165) is 0 Å². The zero-order valence-electron chi connectivity index (χ0n) is 8.80. The minimum atomic E-state index is -1.83. The first-order valence-electron chi connectivity index (χ1n) is 4.55. The second-order valence-electron chi connectivity index (χ2n) is 2.79. The number of hydrogen-bond donors (Lipinski definition) is 4. The lowest BCUT2D eigenvalue weighted by atomic mass is 10.0. The molecule has 0 atom stereocenters. The molecule has 6 nitrogen and oxygen atoms in total. The Balaban J connectivity index is 0. The van der Waals surface area contributed by atoms with Crippen molar-refractivity contribution in [2.24, 2.45) is 0 Å². The molecule has 0 unspecified atom stereocenters.